The Kier molecular flexibility index (Phi) is 3.44. The van der Waals surface area contributed by atoms with Gasteiger partial charge in [0, 0.05) is 5.56 Å². The molecule has 2 aromatic rings. The van der Waals surface area contributed by atoms with Crippen molar-refractivity contribution in [1.29, 1.82) is 0 Å². The van der Waals surface area contributed by atoms with Crippen molar-refractivity contribution in [3.05, 3.63) is 29.8 Å². The molecule has 6 nitrogen and oxygen atoms in total. The van der Waals surface area contributed by atoms with Crippen LogP contribution in [-0.2, 0) is 16.5 Å². The molecule has 1 aromatic heterocycles. The van der Waals surface area contributed by atoms with Crippen LogP contribution in [0.3, 0.4) is 0 Å². The van der Waals surface area contributed by atoms with Gasteiger partial charge in [0.25, 0.3) is 0 Å². The number of carboxylic acid groups (broad SMARTS) is 1. The number of halogens is 3. The number of hydrogen-bond acceptors (Lipinski definition) is 4. The second-order valence-corrected chi connectivity index (χ2v) is 4.85. The number of carbonyl (C=O) groups is 1. The Morgan fingerprint density at radius 1 is 1.19 bits per heavy atom. The third-order valence-electron chi connectivity index (χ3n) is 2.99. The van der Waals surface area contributed by atoms with E-state index in [1.807, 2.05) is 0 Å². The molecular formula is C12H11F3N4O2. The van der Waals surface area contributed by atoms with Gasteiger partial charge in [-0.25, -0.2) is 9.48 Å². The monoisotopic (exact) mass is 300 g/mol. The molecule has 0 aliphatic heterocycles. The van der Waals surface area contributed by atoms with Crippen LogP contribution in [0, 0.1) is 0 Å². The van der Waals surface area contributed by atoms with Crippen molar-refractivity contribution in [2.45, 2.75) is 25.6 Å². The highest BCUT2D eigenvalue weighted by atomic mass is 19.4. The van der Waals surface area contributed by atoms with Gasteiger partial charge in [-0.05, 0) is 36.4 Å². The minimum atomic E-state index is -4.44. The molecule has 0 saturated heterocycles. The Morgan fingerprint density at radius 3 is 2.24 bits per heavy atom. The number of aromatic nitrogens is 4. The SMILES string of the molecule is CC(C)(C(=O)O)n1nnnc1-c1ccc(C(F)(F)F)cc1. The molecule has 21 heavy (non-hydrogen) atoms. The third-order valence-corrected chi connectivity index (χ3v) is 2.99. The molecule has 1 aromatic carbocycles. The lowest BCUT2D eigenvalue weighted by molar-refractivity contribution is -0.146. The number of aliphatic carboxylic acids is 1. The van der Waals surface area contributed by atoms with E-state index in [0.29, 0.717) is 5.56 Å². The molecule has 0 unspecified atom stereocenters. The van der Waals surface area contributed by atoms with E-state index in [2.05, 4.69) is 15.5 Å². The fourth-order valence-corrected chi connectivity index (χ4v) is 1.64. The van der Waals surface area contributed by atoms with E-state index in [9.17, 15) is 23.1 Å². The van der Waals surface area contributed by atoms with Crippen molar-refractivity contribution in [1.82, 2.24) is 20.2 Å². The van der Waals surface area contributed by atoms with Crippen LogP contribution in [0.5, 0.6) is 0 Å². The summed E-state index contributed by atoms with van der Waals surface area (Å²) in [5.74, 6) is -1.08. The van der Waals surface area contributed by atoms with E-state index in [-0.39, 0.29) is 5.82 Å². The number of carboxylic acids is 1. The van der Waals surface area contributed by atoms with Crippen LogP contribution in [-0.4, -0.2) is 31.3 Å². The number of tetrazole rings is 1. The van der Waals surface area contributed by atoms with Crippen LogP contribution < -0.4 is 0 Å². The maximum Gasteiger partial charge on any atom is 0.416 e. The first-order chi connectivity index (χ1) is 9.64. The van der Waals surface area contributed by atoms with Gasteiger partial charge in [0.2, 0.25) is 0 Å². The minimum absolute atomic E-state index is 0.0797. The van der Waals surface area contributed by atoms with E-state index >= 15 is 0 Å². The van der Waals surface area contributed by atoms with Gasteiger partial charge in [0.05, 0.1) is 5.56 Å². The zero-order valence-electron chi connectivity index (χ0n) is 11.1. The summed E-state index contributed by atoms with van der Waals surface area (Å²) >= 11 is 0. The third kappa shape index (κ3) is 2.71. The second kappa shape index (κ2) is 4.83. The molecule has 9 heteroatoms. The molecule has 0 saturated carbocycles. The van der Waals surface area contributed by atoms with Crippen molar-refractivity contribution >= 4 is 5.97 Å². The van der Waals surface area contributed by atoms with Crippen molar-refractivity contribution < 1.29 is 23.1 Å². The first-order valence-electron chi connectivity index (χ1n) is 5.84. The van der Waals surface area contributed by atoms with Gasteiger partial charge in [0.1, 0.15) is 0 Å². The normalized spacial score (nSPS) is 12.4. The molecular weight excluding hydrogens is 289 g/mol. The molecule has 0 aliphatic carbocycles. The summed E-state index contributed by atoms with van der Waals surface area (Å²) in [6, 6.07) is 4.18. The van der Waals surface area contributed by atoms with Crippen LogP contribution in [0.4, 0.5) is 13.2 Å². The van der Waals surface area contributed by atoms with E-state index in [0.717, 1.165) is 16.8 Å². The average molecular weight is 300 g/mol. The summed E-state index contributed by atoms with van der Waals surface area (Å²) in [6.45, 7) is 2.78. The molecule has 1 N–H and O–H groups in total. The molecule has 0 spiro atoms. The summed E-state index contributed by atoms with van der Waals surface area (Å²) in [5, 5.41) is 19.9. The summed E-state index contributed by atoms with van der Waals surface area (Å²) in [4.78, 5) is 11.2. The standard InChI is InChI=1S/C12H11F3N4O2/c1-11(2,10(20)21)19-9(16-17-18-19)7-3-5-8(6-4-7)12(13,14)15/h3-6H,1-2H3,(H,20,21). The summed E-state index contributed by atoms with van der Waals surface area (Å²) in [5.41, 5.74) is -1.94. The van der Waals surface area contributed by atoms with Crippen LogP contribution >= 0.6 is 0 Å². The first kappa shape index (κ1) is 14.9. The van der Waals surface area contributed by atoms with E-state index < -0.39 is 23.2 Å². The van der Waals surface area contributed by atoms with Crippen LogP contribution in [0.15, 0.2) is 24.3 Å². The molecule has 0 atom stereocenters. The Labute approximate surface area is 117 Å². The quantitative estimate of drug-likeness (QED) is 0.939. The first-order valence-corrected chi connectivity index (χ1v) is 5.84. The predicted octanol–water partition coefficient (Wildman–Crippen LogP) is 2.18. The fourth-order valence-electron chi connectivity index (χ4n) is 1.64. The van der Waals surface area contributed by atoms with Crippen LogP contribution in [0.25, 0.3) is 11.4 Å². The van der Waals surface area contributed by atoms with Crippen molar-refractivity contribution in [3.8, 4) is 11.4 Å². The minimum Gasteiger partial charge on any atom is -0.479 e. The highest BCUT2D eigenvalue weighted by Crippen LogP contribution is 2.31. The zero-order chi connectivity index (χ0) is 15.8. The van der Waals surface area contributed by atoms with Gasteiger partial charge < -0.3 is 5.11 Å². The number of nitrogens with zero attached hydrogens (tertiary/aromatic N) is 4. The molecule has 112 valence electrons. The Morgan fingerprint density at radius 2 is 1.76 bits per heavy atom. The highest BCUT2D eigenvalue weighted by molar-refractivity contribution is 5.76. The van der Waals surface area contributed by atoms with Gasteiger partial charge in [-0.3, -0.25) is 0 Å². The molecule has 0 fully saturated rings. The predicted molar refractivity (Wildman–Crippen MR) is 65.2 cm³/mol. The van der Waals surface area contributed by atoms with E-state index in [1.54, 1.807) is 0 Å². The van der Waals surface area contributed by atoms with Crippen molar-refractivity contribution in [2.24, 2.45) is 0 Å². The van der Waals surface area contributed by atoms with E-state index in [1.165, 1.54) is 26.0 Å². The topological polar surface area (TPSA) is 80.9 Å². The molecule has 0 amide bonds. The molecule has 1 heterocycles. The smallest absolute Gasteiger partial charge is 0.416 e. The highest BCUT2D eigenvalue weighted by Gasteiger charge is 2.34. The summed E-state index contributed by atoms with van der Waals surface area (Å²) in [7, 11) is 0. The van der Waals surface area contributed by atoms with Crippen LogP contribution in [0.2, 0.25) is 0 Å². The largest absolute Gasteiger partial charge is 0.479 e. The van der Waals surface area contributed by atoms with Gasteiger partial charge in [0.15, 0.2) is 11.4 Å². The van der Waals surface area contributed by atoms with Gasteiger partial charge in [-0.1, -0.05) is 12.1 Å². The average Bonchev–Trinajstić information content (AvgIpc) is 2.87. The summed E-state index contributed by atoms with van der Waals surface area (Å²) < 4.78 is 38.6. The molecule has 2 rings (SSSR count). The van der Waals surface area contributed by atoms with Crippen molar-refractivity contribution in [3.63, 3.8) is 0 Å². The lowest BCUT2D eigenvalue weighted by Crippen LogP contribution is -2.37. The van der Waals surface area contributed by atoms with E-state index in [4.69, 9.17) is 0 Å². The lowest BCUT2D eigenvalue weighted by Gasteiger charge is -2.20. The number of rotatable bonds is 3. The molecule has 0 aliphatic rings. The maximum atomic E-state index is 12.5. The molecule has 0 bridgehead atoms. The second-order valence-electron chi connectivity index (χ2n) is 4.85. The summed E-state index contributed by atoms with van der Waals surface area (Å²) in [6.07, 6.45) is -4.44. The number of benzene rings is 1. The number of hydrogen-bond donors (Lipinski definition) is 1. The zero-order valence-corrected chi connectivity index (χ0v) is 11.1. The Balaban J connectivity index is 2.45. The number of alkyl halides is 3. The Bertz CT molecular complexity index is 662. The molecule has 0 radical (unpaired) electrons. The lowest BCUT2D eigenvalue weighted by atomic mass is 10.1. The van der Waals surface area contributed by atoms with Gasteiger partial charge in [-0.15, -0.1) is 5.10 Å². The van der Waals surface area contributed by atoms with Crippen molar-refractivity contribution in [2.75, 3.05) is 0 Å². The Hall–Kier alpha value is -2.45. The fraction of sp³-hybridized carbons (Fsp3) is 0.333. The van der Waals surface area contributed by atoms with Crippen LogP contribution in [0.1, 0.15) is 19.4 Å². The van der Waals surface area contributed by atoms with Gasteiger partial charge >= 0.3 is 12.1 Å². The van der Waals surface area contributed by atoms with Gasteiger partial charge in [-0.2, -0.15) is 13.2 Å². The maximum absolute atomic E-state index is 12.5.